The Hall–Kier alpha value is -2.64. The lowest BCUT2D eigenvalue weighted by molar-refractivity contribution is -0.385. The van der Waals surface area contributed by atoms with E-state index in [1.54, 1.807) is 31.2 Å². The number of amides is 1. The predicted molar refractivity (Wildman–Crippen MR) is 95.5 cm³/mol. The number of carbonyl (C=O) groups is 1. The molecule has 0 aliphatic rings. The van der Waals surface area contributed by atoms with Crippen molar-refractivity contribution in [2.45, 2.75) is 6.92 Å². The second kappa shape index (κ2) is 8.46. The Morgan fingerprint density at radius 3 is 2.76 bits per heavy atom. The monoisotopic (exact) mass is 381 g/mol. The summed E-state index contributed by atoms with van der Waals surface area (Å²) in [5, 5.41) is 15.4. The van der Waals surface area contributed by atoms with Gasteiger partial charge in [0.15, 0.2) is 6.61 Å². The van der Waals surface area contributed by atoms with E-state index in [0.717, 1.165) is 0 Å². The predicted octanol–water partition coefficient (Wildman–Crippen LogP) is 3.74. The highest BCUT2D eigenvalue weighted by atomic mass is 35.5. The molecular formula is C16H13Cl2N3O4. The number of carbonyl (C=O) groups excluding carboxylic acids is 1. The maximum atomic E-state index is 11.7. The fourth-order valence-corrected chi connectivity index (χ4v) is 2.31. The Morgan fingerprint density at radius 2 is 2.08 bits per heavy atom. The molecule has 2 aromatic rings. The fraction of sp³-hybridized carbons (Fsp3) is 0.125. The number of halogens is 2. The lowest BCUT2D eigenvalue weighted by Crippen LogP contribution is -2.24. The first kappa shape index (κ1) is 18.7. The van der Waals surface area contributed by atoms with Gasteiger partial charge in [-0.15, -0.1) is 0 Å². The van der Waals surface area contributed by atoms with Gasteiger partial charge in [0, 0.05) is 22.2 Å². The summed E-state index contributed by atoms with van der Waals surface area (Å²) in [7, 11) is 0. The smallest absolute Gasteiger partial charge is 0.277 e. The number of nitrogens with zero attached hydrogens (tertiary/aromatic N) is 2. The van der Waals surface area contributed by atoms with Gasteiger partial charge in [0.2, 0.25) is 0 Å². The third-order valence-corrected chi connectivity index (χ3v) is 3.62. The molecule has 0 aliphatic heterocycles. The molecular weight excluding hydrogens is 369 g/mol. The van der Waals surface area contributed by atoms with Crippen molar-refractivity contribution in [3.63, 3.8) is 0 Å². The zero-order valence-corrected chi connectivity index (χ0v) is 14.5. The number of hydrogen-bond donors (Lipinski definition) is 1. The molecule has 0 fully saturated rings. The first-order valence-electron chi connectivity index (χ1n) is 7.01. The lowest BCUT2D eigenvalue weighted by Gasteiger charge is -2.07. The van der Waals surface area contributed by atoms with Gasteiger partial charge < -0.3 is 4.74 Å². The van der Waals surface area contributed by atoms with Crippen molar-refractivity contribution < 1.29 is 14.5 Å². The van der Waals surface area contributed by atoms with Crippen LogP contribution in [-0.4, -0.2) is 23.7 Å². The van der Waals surface area contributed by atoms with Crippen LogP contribution in [-0.2, 0) is 4.79 Å². The van der Waals surface area contributed by atoms with E-state index in [9.17, 15) is 14.9 Å². The van der Waals surface area contributed by atoms with E-state index < -0.39 is 10.8 Å². The topological polar surface area (TPSA) is 93.8 Å². The molecule has 0 saturated heterocycles. The third-order valence-electron chi connectivity index (χ3n) is 3.09. The van der Waals surface area contributed by atoms with Crippen LogP contribution >= 0.6 is 23.2 Å². The van der Waals surface area contributed by atoms with E-state index in [1.807, 2.05) is 0 Å². The van der Waals surface area contributed by atoms with E-state index in [0.29, 0.717) is 21.9 Å². The molecule has 0 aromatic heterocycles. The quantitative estimate of drug-likeness (QED) is 0.468. The molecule has 7 nitrogen and oxygen atoms in total. The summed E-state index contributed by atoms with van der Waals surface area (Å²) in [5.74, 6) is -0.191. The van der Waals surface area contributed by atoms with Gasteiger partial charge in [-0.1, -0.05) is 35.3 Å². The van der Waals surface area contributed by atoms with Gasteiger partial charge in [-0.05, 0) is 25.1 Å². The number of hydrogen-bond acceptors (Lipinski definition) is 5. The number of hydrazone groups is 1. The SMILES string of the molecule is Cc1ccc(/C=N\NC(=O)COc2ccc(Cl)cc2Cl)cc1[N+](=O)[O-]. The van der Waals surface area contributed by atoms with Crippen molar-refractivity contribution in [1.29, 1.82) is 0 Å². The van der Waals surface area contributed by atoms with Crippen LogP contribution < -0.4 is 10.2 Å². The van der Waals surface area contributed by atoms with Crippen molar-refractivity contribution in [3.05, 3.63) is 67.7 Å². The van der Waals surface area contributed by atoms with Gasteiger partial charge in [0.1, 0.15) is 5.75 Å². The van der Waals surface area contributed by atoms with E-state index >= 15 is 0 Å². The lowest BCUT2D eigenvalue weighted by atomic mass is 10.1. The zero-order valence-electron chi connectivity index (χ0n) is 13.0. The number of ether oxygens (including phenoxy) is 1. The second-order valence-corrected chi connectivity index (χ2v) is 5.80. The van der Waals surface area contributed by atoms with Gasteiger partial charge in [-0.3, -0.25) is 14.9 Å². The van der Waals surface area contributed by atoms with E-state index in [1.165, 1.54) is 18.3 Å². The minimum absolute atomic E-state index is 0.0176. The molecule has 25 heavy (non-hydrogen) atoms. The minimum Gasteiger partial charge on any atom is -0.482 e. The Balaban J connectivity index is 1.90. The molecule has 0 aliphatic carbocycles. The average molecular weight is 382 g/mol. The average Bonchev–Trinajstić information content (AvgIpc) is 2.55. The maximum Gasteiger partial charge on any atom is 0.277 e. The molecule has 0 saturated carbocycles. The van der Waals surface area contributed by atoms with Gasteiger partial charge in [-0.2, -0.15) is 5.10 Å². The van der Waals surface area contributed by atoms with E-state index in [2.05, 4.69) is 10.5 Å². The number of rotatable bonds is 6. The number of nitro groups is 1. The van der Waals surface area contributed by atoms with Gasteiger partial charge >= 0.3 is 0 Å². The van der Waals surface area contributed by atoms with E-state index in [4.69, 9.17) is 27.9 Å². The Morgan fingerprint density at radius 1 is 1.32 bits per heavy atom. The summed E-state index contributed by atoms with van der Waals surface area (Å²) < 4.78 is 5.26. The number of nitro benzene ring substituents is 1. The van der Waals surface area contributed by atoms with Crippen molar-refractivity contribution >= 4 is 41.0 Å². The fourth-order valence-electron chi connectivity index (χ4n) is 1.85. The summed E-state index contributed by atoms with van der Waals surface area (Å²) in [5.41, 5.74) is 3.27. The van der Waals surface area contributed by atoms with Gasteiger partial charge in [0.05, 0.1) is 16.2 Å². The standard InChI is InChI=1S/C16H13Cl2N3O4/c1-10-2-3-11(6-14(10)21(23)24)8-19-20-16(22)9-25-15-5-4-12(17)7-13(15)18/h2-8H,9H2,1H3,(H,20,22)/b19-8-. The van der Waals surface area contributed by atoms with Crippen LogP contribution in [0.25, 0.3) is 0 Å². The molecule has 0 unspecified atom stereocenters. The highest BCUT2D eigenvalue weighted by Gasteiger charge is 2.10. The molecule has 9 heteroatoms. The molecule has 1 amide bonds. The van der Waals surface area contributed by atoms with Gasteiger partial charge in [0.25, 0.3) is 11.6 Å². The molecule has 0 heterocycles. The van der Waals surface area contributed by atoms with E-state index in [-0.39, 0.29) is 17.3 Å². The first-order valence-corrected chi connectivity index (χ1v) is 7.77. The van der Waals surface area contributed by atoms with Crippen LogP contribution in [0.15, 0.2) is 41.5 Å². The van der Waals surface area contributed by atoms with Crippen LogP contribution in [0.5, 0.6) is 5.75 Å². The highest BCUT2D eigenvalue weighted by Crippen LogP contribution is 2.27. The molecule has 0 atom stereocenters. The highest BCUT2D eigenvalue weighted by molar-refractivity contribution is 6.35. The largest absolute Gasteiger partial charge is 0.482 e. The zero-order chi connectivity index (χ0) is 18.4. The molecule has 2 aromatic carbocycles. The number of benzene rings is 2. The maximum absolute atomic E-state index is 11.7. The van der Waals surface area contributed by atoms with Crippen molar-refractivity contribution in [3.8, 4) is 5.75 Å². The molecule has 0 radical (unpaired) electrons. The summed E-state index contributed by atoms with van der Waals surface area (Å²) >= 11 is 11.7. The molecule has 130 valence electrons. The van der Waals surface area contributed by atoms with Gasteiger partial charge in [-0.25, -0.2) is 5.43 Å². The Kier molecular flexibility index (Phi) is 6.32. The molecule has 0 spiro atoms. The minimum atomic E-state index is -0.510. The number of nitrogens with one attached hydrogen (secondary N) is 1. The summed E-state index contributed by atoms with van der Waals surface area (Å²) in [6, 6.07) is 9.26. The van der Waals surface area contributed by atoms with Crippen molar-refractivity contribution in [2.75, 3.05) is 6.61 Å². The van der Waals surface area contributed by atoms with Crippen LogP contribution in [0, 0.1) is 17.0 Å². The number of aryl methyl sites for hydroxylation is 1. The third kappa shape index (κ3) is 5.44. The Labute approximate surface area is 153 Å². The summed E-state index contributed by atoms with van der Waals surface area (Å²) in [6.07, 6.45) is 1.31. The Bertz CT molecular complexity index is 840. The van der Waals surface area contributed by atoms with Crippen molar-refractivity contribution in [2.24, 2.45) is 5.10 Å². The molecule has 2 rings (SSSR count). The molecule has 0 bridgehead atoms. The normalized spacial score (nSPS) is 10.7. The second-order valence-electron chi connectivity index (χ2n) is 4.96. The first-order chi connectivity index (χ1) is 11.9. The van der Waals surface area contributed by atoms with Crippen molar-refractivity contribution in [1.82, 2.24) is 5.43 Å². The van der Waals surface area contributed by atoms with Crippen LogP contribution in [0.1, 0.15) is 11.1 Å². The summed E-state index contributed by atoms with van der Waals surface area (Å²) in [4.78, 5) is 22.1. The van der Waals surface area contributed by atoms with Crippen LogP contribution in [0.4, 0.5) is 5.69 Å². The van der Waals surface area contributed by atoms with Crippen LogP contribution in [0.3, 0.4) is 0 Å². The molecule has 1 N–H and O–H groups in total. The van der Waals surface area contributed by atoms with Crippen LogP contribution in [0.2, 0.25) is 10.0 Å². The summed E-state index contributed by atoms with van der Waals surface area (Å²) in [6.45, 7) is 1.34.